The summed E-state index contributed by atoms with van der Waals surface area (Å²) in [5, 5.41) is 3.16. The molecule has 0 saturated heterocycles. The summed E-state index contributed by atoms with van der Waals surface area (Å²) >= 11 is 6.02. The van der Waals surface area contributed by atoms with Crippen molar-refractivity contribution in [3.05, 3.63) is 70.8 Å². The van der Waals surface area contributed by atoms with Crippen LogP contribution in [0.25, 0.3) is 6.08 Å². The third-order valence-electron chi connectivity index (χ3n) is 4.41. The highest BCUT2D eigenvalue weighted by molar-refractivity contribution is 7.89. The van der Waals surface area contributed by atoms with Crippen LogP contribution in [0.4, 0.5) is 0 Å². The average molecular weight is 465 g/mol. The van der Waals surface area contributed by atoms with Crippen molar-refractivity contribution in [1.29, 1.82) is 0 Å². The Kier molecular flexibility index (Phi) is 9.23. The number of amides is 1. The van der Waals surface area contributed by atoms with Gasteiger partial charge in [-0.3, -0.25) is 4.79 Å². The maximum atomic E-state index is 12.5. The van der Waals surface area contributed by atoms with Gasteiger partial charge < -0.3 is 10.1 Å². The van der Waals surface area contributed by atoms with Gasteiger partial charge in [0.15, 0.2) is 6.61 Å². The zero-order chi connectivity index (χ0) is 22.9. The van der Waals surface area contributed by atoms with E-state index in [4.69, 9.17) is 16.3 Å². The van der Waals surface area contributed by atoms with Gasteiger partial charge >= 0.3 is 5.97 Å². The quantitative estimate of drug-likeness (QED) is 0.430. The molecule has 0 saturated carbocycles. The summed E-state index contributed by atoms with van der Waals surface area (Å²) in [6, 6.07) is 13.3. The number of halogens is 1. The first-order valence-corrected chi connectivity index (χ1v) is 11.5. The lowest BCUT2D eigenvalue weighted by molar-refractivity contribution is -0.143. The Morgan fingerprint density at radius 3 is 2.32 bits per heavy atom. The molecule has 0 radical (unpaired) electrons. The van der Waals surface area contributed by atoms with Crippen molar-refractivity contribution in [2.75, 3.05) is 19.7 Å². The molecule has 0 atom stereocenters. The Morgan fingerprint density at radius 2 is 1.71 bits per heavy atom. The normalized spacial score (nSPS) is 11.6. The summed E-state index contributed by atoms with van der Waals surface area (Å²) in [5.74, 6) is -1.14. The Hall–Kier alpha value is -2.68. The first-order chi connectivity index (χ1) is 14.8. The number of ether oxygens (including phenoxy) is 1. The predicted molar refractivity (Wildman–Crippen MR) is 120 cm³/mol. The maximum Gasteiger partial charge on any atom is 0.331 e. The van der Waals surface area contributed by atoms with Gasteiger partial charge in [-0.1, -0.05) is 55.8 Å². The summed E-state index contributed by atoms with van der Waals surface area (Å²) < 4.78 is 31.2. The van der Waals surface area contributed by atoms with Gasteiger partial charge in [0.1, 0.15) is 0 Å². The van der Waals surface area contributed by atoms with Crippen molar-refractivity contribution in [3.63, 3.8) is 0 Å². The second-order valence-electron chi connectivity index (χ2n) is 6.47. The Labute approximate surface area is 187 Å². The molecule has 0 aliphatic heterocycles. The maximum absolute atomic E-state index is 12.5. The largest absolute Gasteiger partial charge is 0.452 e. The molecule has 0 spiro atoms. The van der Waals surface area contributed by atoms with Crippen LogP contribution in [0.15, 0.2) is 59.5 Å². The number of hydrogen-bond donors (Lipinski definition) is 1. The van der Waals surface area contributed by atoms with Gasteiger partial charge in [0.25, 0.3) is 5.91 Å². The number of nitrogens with zero attached hydrogens (tertiary/aromatic N) is 1. The monoisotopic (exact) mass is 464 g/mol. The van der Waals surface area contributed by atoms with E-state index in [9.17, 15) is 18.0 Å². The van der Waals surface area contributed by atoms with Crippen molar-refractivity contribution in [1.82, 2.24) is 9.62 Å². The standard InChI is InChI=1S/C22H25ClN2O5S/c1-3-25(4-2)31(28,29)19-12-9-17(10-13-19)11-14-22(27)30-16-21(26)24-15-18-7-5-6-8-20(18)23/h5-14H,3-4,15-16H2,1-2H3,(H,24,26)/b14-11+. The molecule has 0 aromatic heterocycles. The summed E-state index contributed by atoms with van der Waals surface area (Å²) in [4.78, 5) is 23.8. The third-order valence-corrected chi connectivity index (χ3v) is 6.85. The molecule has 1 N–H and O–H groups in total. The summed E-state index contributed by atoms with van der Waals surface area (Å²) in [6.07, 6.45) is 2.66. The van der Waals surface area contributed by atoms with Crippen LogP contribution in [-0.2, 0) is 30.9 Å². The fourth-order valence-corrected chi connectivity index (χ4v) is 4.36. The minimum atomic E-state index is -3.53. The molecule has 9 heteroatoms. The molecule has 0 heterocycles. The van der Waals surface area contributed by atoms with Crippen LogP contribution in [0.1, 0.15) is 25.0 Å². The van der Waals surface area contributed by atoms with Gasteiger partial charge in [0, 0.05) is 30.7 Å². The van der Waals surface area contributed by atoms with Crippen LogP contribution < -0.4 is 5.32 Å². The van der Waals surface area contributed by atoms with Crippen molar-refractivity contribution in [3.8, 4) is 0 Å². The molecule has 0 aliphatic carbocycles. The Bertz CT molecular complexity index is 1030. The SMILES string of the molecule is CCN(CC)S(=O)(=O)c1ccc(/C=C/C(=O)OCC(=O)NCc2ccccc2Cl)cc1. The van der Waals surface area contributed by atoms with Crippen LogP contribution in [0.5, 0.6) is 0 Å². The average Bonchev–Trinajstić information content (AvgIpc) is 2.76. The molecule has 166 valence electrons. The lowest BCUT2D eigenvalue weighted by atomic mass is 10.2. The lowest BCUT2D eigenvalue weighted by Crippen LogP contribution is -2.30. The summed E-state index contributed by atoms with van der Waals surface area (Å²) in [5.41, 5.74) is 1.38. The van der Waals surface area contributed by atoms with Crippen LogP contribution in [-0.4, -0.2) is 44.3 Å². The van der Waals surface area contributed by atoms with E-state index in [1.54, 1.807) is 44.2 Å². The number of esters is 1. The van der Waals surface area contributed by atoms with E-state index in [0.717, 1.165) is 5.56 Å². The fraction of sp³-hybridized carbons (Fsp3) is 0.273. The highest BCUT2D eigenvalue weighted by Gasteiger charge is 2.20. The molecule has 0 unspecified atom stereocenters. The molecule has 0 aliphatic rings. The molecule has 2 aromatic rings. The minimum absolute atomic E-state index is 0.186. The van der Waals surface area contributed by atoms with E-state index in [1.165, 1.54) is 28.6 Å². The van der Waals surface area contributed by atoms with E-state index in [1.807, 2.05) is 6.07 Å². The van der Waals surface area contributed by atoms with E-state index in [0.29, 0.717) is 23.7 Å². The molecule has 1 amide bonds. The van der Waals surface area contributed by atoms with Gasteiger partial charge in [0.2, 0.25) is 10.0 Å². The van der Waals surface area contributed by atoms with E-state index in [-0.39, 0.29) is 11.4 Å². The van der Waals surface area contributed by atoms with E-state index >= 15 is 0 Å². The number of carbonyl (C=O) groups excluding carboxylic acids is 2. The number of hydrogen-bond acceptors (Lipinski definition) is 5. The van der Waals surface area contributed by atoms with Crippen LogP contribution in [0.2, 0.25) is 5.02 Å². The molecule has 7 nitrogen and oxygen atoms in total. The van der Waals surface area contributed by atoms with Gasteiger partial charge in [0.05, 0.1) is 4.90 Å². The fourth-order valence-electron chi connectivity index (χ4n) is 2.70. The molecule has 31 heavy (non-hydrogen) atoms. The zero-order valence-electron chi connectivity index (χ0n) is 17.4. The Morgan fingerprint density at radius 1 is 1.06 bits per heavy atom. The highest BCUT2D eigenvalue weighted by Crippen LogP contribution is 2.17. The third kappa shape index (κ3) is 7.20. The molecule has 0 fully saturated rings. The van der Waals surface area contributed by atoms with Crippen LogP contribution in [0, 0.1) is 0 Å². The number of carbonyl (C=O) groups is 2. The van der Waals surface area contributed by atoms with Crippen molar-refractivity contribution < 1.29 is 22.7 Å². The van der Waals surface area contributed by atoms with Gasteiger partial charge in [-0.05, 0) is 35.4 Å². The number of benzene rings is 2. The summed E-state index contributed by atoms with van der Waals surface area (Å²) in [6.45, 7) is 4.14. The number of rotatable bonds is 10. The molecule has 2 rings (SSSR count). The Balaban J connectivity index is 1.84. The van der Waals surface area contributed by atoms with Gasteiger partial charge in [-0.25, -0.2) is 13.2 Å². The molecule has 2 aromatic carbocycles. The second-order valence-corrected chi connectivity index (χ2v) is 8.81. The molecular formula is C22H25ClN2O5S. The zero-order valence-corrected chi connectivity index (χ0v) is 18.9. The van der Waals surface area contributed by atoms with E-state index in [2.05, 4.69) is 5.32 Å². The van der Waals surface area contributed by atoms with Crippen LogP contribution in [0.3, 0.4) is 0 Å². The number of sulfonamides is 1. The van der Waals surface area contributed by atoms with Crippen LogP contribution >= 0.6 is 11.6 Å². The predicted octanol–water partition coefficient (Wildman–Crippen LogP) is 3.24. The van der Waals surface area contributed by atoms with Crippen molar-refractivity contribution in [2.24, 2.45) is 0 Å². The minimum Gasteiger partial charge on any atom is -0.452 e. The van der Waals surface area contributed by atoms with E-state index < -0.39 is 28.5 Å². The molecule has 0 bridgehead atoms. The van der Waals surface area contributed by atoms with Crippen molar-refractivity contribution >= 4 is 39.6 Å². The summed E-state index contributed by atoms with van der Waals surface area (Å²) in [7, 11) is -3.53. The number of nitrogens with one attached hydrogen (secondary N) is 1. The second kappa shape index (κ2) is 11.6. The molecular weight excluding hydrogens is 440 g/mol. The van der Waals surface area contributed by atoms with Crippen molar-refractivity contribution in [2.45, 2.75) is 25.3 Å². The first kappa shape index (κ1) is 24.6. The highest BCUT2D eigenvalue weighted by atomic mass is 35.5. The van der Waals surface area contributed by atoms with Gasteiger partial charge in [-0.2, -0.15) is 4.31 Å². The van der Waals surface area contributed by atoms with Gasteiger partial charge in [-0.15, -0.1) is 0 Å². The smallest absolute Gasteiger partial charge is 0.331 e. The first-order valence-electron chi connectivity index (χ1n) is 9.73. The topological polar surface area (TPSA) is 92.8 Å². The lowest BCUT2D eigenvalue weighted by Gasteiger charge is -2.18.